The van der Waals surface area contributed by atoms with Crippen molar-refractivity contribution in [1.29, 1.82) is 0 Å². The number of nitrogens with zero attached hydrogens (tertiary/aromatic N) is 3. The van der Waals surface area contributed by atoms with Gasteiger partial charge in [0.2, 0.25) is 0 Å². The van der Waals surface area contributed by atoms with Crippen LogP contribution < -0.4 is 5.32 Å². The maximum Gasteiger partial charge on any atom is 0.194 e. The van der Waals surface area contributed by atoms with Crippen molar-refractivity contribution in [2.75, 3.05) is 26.2 Å². The van der Waals surface area contributed by atoms with Crippen molar-refractivity contribution in [2.45, 2.75) is 26.5 Å². The van der Waals surface area contributed by atoms with Crippen LogP contribution in [-0.4, -0.2) is 42.1 Å². The van der Waals surface area contributed by atoms with E-state index in [-0.39, 0.29) is 6.10 Å². The van der Waals surface area contributed by atoms with Gasteiger partial charge < -0.3 is 15.0 Å². The Labute approximate surface area is 160 Å². The summed E-state index contributed by atoms with van der Waals surface area (Å²) in [6.45, 7) is 7.90. The molecule has 1 unspecified atom stereocenters. The second kappa shape index (κ2) is 9.01. The van der Waals surface area contributed by atoms with E-state index in [9.17, 15) is 0 Å². The molecule has 1 aliphatic heterocycles. The number of aliphatic imine (C=N–C) groups is 1. The standard InChI is InChI=1S/C20H25ClN4O/c1-3-22-20(24-13-16-8-9-19(21)23-12-16)25-10-11-26-18(14-25)17-7-5-4-6-15(17)2/h4-9,12,18H,3,10-11,13-14H2,1-2H3,(H,22,24). The van der Waals surface area contributed by atoms with Crippen LogP contribution in [-0.2, 0) is 11.3 Å². The molecule has 1 fully saturated rings. The first-order valence-corrected chi connectivity index (χ1v) is 9.36. The molecule has 0 aliphatic carbocycles. The molecular weight excluding hydrogens is 348 g/mol. The Morgan fingerprint density at radius 3 is 2.92 bits per heavy atom. The molecule has 2 aromatic rings. The Morgan fingerprint density at radius 2 is 2.19 bits per heavy atom. The average molecular weight is 373 g/mol. The number of halogens is 1. The van der Waals surface area contributed by atoms with Crippen molar-refractivity contribution in [2.24, 2.45) is 4.99 Å². The molecule has 0 radical (unpaired) electrons. The lowest BCUT2D eigenvalue weighted by molar-refractivity contribution is -0.00834. The largest absolute Gasteiger partial charge is 0.370 e. The summed E-state index contributed by atoms with van der Waals surface area (Å²) in [5.41, 5.74) is 3.54. The number of pyridine rings is 1. The molecule has 5 nitrogen and oxygen atoms in total. The molecule has 1 aromatic carbocycles. The minimum Gasteiger partial charge on any atom is -0.370 e. The number of guanidine groups is 1. The lowest BCUT2D eigenvalue weighted by Gasteiger charge is -2.35. The zero-order valence-corrected chi connectivity index (χ0v) is 16.0. The van der Waals surface area contributed by atoms with E-state index in [0.717, 1.165) is 31.2 Å². The summed E-state index contributed by atoms with van der Waals surface area (Å²) in [6, 6.07) is 12.2. The summed E-state index contributed by atoms with van der Waals surface area (Å²) in [5, 5.41) is 3.89. The van der Waals surface area contributed by atoms with E-state index in [1.54, 1.807) is 12.3 Å². The quantitative estimate of drug-likeness (QED) is 0.506. The third kappa shape index (κ3) is 4.74. The molecule has 1 saturated heterocycles. The van der Waals surface area contributed by atoms with Crippen LogP contribution in [0.1, 0.15) is 29.7 Å². The van der Waals surface area contributed by atoms with E-state index in [2.05, 4.69) is 53.3 Å². The maximum absolute atomic E-state index is 6.03. The number of ether oxygens (including phenoxy) is 1. The lowest BCUT2D eigenvalue weighted by atomic mass is 10.0. The third-order valence-electron chi connectivity index (χ3n) is 4.44. The number of rotatable bonds is 4. The van der Waals surface area contributed by atoms with Gasteiger partial charge in [0.15, 0.2) is 5.96 Å². The van der Waals surface area contributed by atoms with Crippen LogP contribution in [0.3, 0.4) is 0 Å². The number of nitrogens with one attached hydrogen (secondary N) is 1. The van der Waals surface area contributed by atoms with E-state index in [1.165, 1.54) is 11.1 Å². The van der Waals surface area contributed by atoms with Crippen LogP contribution in [0.4, 0.5) is 0 Å². The highest BCUT2D eigenvalue weighted by Gasteiger charge is 2.25. The van der Waals surface area contributed by atoms with Crippen LogP contribution in [0.15, 0.2) is 47.6 Å². The Bertz CT molecular complexity index is 748. The van der Waals surface area contributed by atoms with Gasteiger partial charge >= 0.3 is 0 Å². The van der Waals surface area contributed by atoms with Crippen LogP contribution in [0.25, 0.3) is 0 Å². The van der Waals surface area contributed by atoms with Gasteiger partial charge in [-0.1, -0.05) is 41.9 Å². The van der Waals surface area contributed by atoms with E-state index in [4.69, 9.17) is 21.3 Å². The highest BCUT2D eigenvalue weighted by molar-refractivity contribution is 6.29. The summed E-state index contributed by atoms with van der Waals surface area (Å²) < 4.78 is 6.03. The maximum atomic E-state index is 6.03. The Morgan fingerprint density at radius 1 is 1.35 bits per heavy atom. The summed E-state index contributed by atoms with van der Waals surface area (Å²) >= 11 is 5.85. The molecule has 1 N–H and O–H groups in total. The normalized spacial score (nSPS) is 18.0. The fourth-order valence-corrected chi connectivity index (χ4v) is 3.18. The van der Waals surface area contributed by atoms with E-state index in [0.29, 0.717) is 18.3 Å². The van der Waals surface area contributed by atoms with Crippen molar-refractivity contribution in [3.8, 4) is 0 Å². The van der Waals surface area contributed by atoms with Gasteiger partial charge in [-0.2, -0.15) is 0 Å². The molecule has 6 heteroatoms. The van der Waals surface area contributed by atoms with Gasteiger partial charge in [0.25, 0.3) is 0 Å². The van der Waals surface area contributed by atoms with Gasteiger partial charge in [-0.15, -0.1) is 0 Å². The number of morpholine rings is 1. The Balaban J connectivity index is 1.73. The number of aromatic nitrogens is 1. The van der Waals surface area contributed by atoms with Gasteiger partial charge in [-0.05, 0) is 36.6 Å². The summed E-state index contributed by atoms with van der Waals surface area (Å²) in [6.07, 6.45) is 1.83. The lowest BCUT2D eigenvalue weighted by Crippen LogP contribution is -2.48. The molecule has 3 rings (SSSR count). The highest BCUT2D eigenvalue weighted by Crippen LogP contribution is 2.25. The second-order valence-corrected chi connectivity index (χ2v) is 6.71. The highest BCUT2D eigenvalue weighted by atomic mass is 35.5. The fourth-order valence-electron chi connectivity index (χ4n) is 3.07. The smallest absolute Gasteiger partial charge is 0.194 e. The van der Waals surface area contributed by atoms with Crippen molar-refractivity contribution in [3.63, 3.8) is 0 Å². The van der Waals surface area contributed by atoms with E-state index >= 15 is 0 Å². The minimum absolute atomic E-state index is 0.0611. The molecular formula is C20H25ClN4O. The first kappa shape index (κ1) is 18.7. The zero-order chi connectivity index (χ0) is 18.4. The zero-order valence-electron chi connectivity index (χ0n) is 15.3. The number of hydrogen-bond acceptors (Lipinski definition) is 3. The average Bonchev–Trinajstić information content (AvgIpc) is 2.67. The molecule has 0 spiro atoms. The van der Waals surface area contributed by atoms with Gasteiger partial charge in [0.05, 0.1) is 19.7 Å². The van der Waals surface area contributed by atoms with Crippen LogP contribution in [0, 0.1) is 6.92 Å². The van der Waals surface area contributed by atoms with Crippen molar-refractivity contribution < 1.29 is 4.74 Å². The Hall–Kier alpha value is -2.11. The molecule has 138 valence electrons. The first-order chi connectivity index (χ1) is 12.7. The van der Waals surface area contributed by atoms with Gasteiger partial charge in [0, 0.05) is 19.3 Å². The molecule has 1 aliphatic rings. The van der Waals surface area contributed by atoms with Crippen LogP contribution in [0.5, 0.6) is 0 Å². The molecule has 1 aromatic heterocycles. The van der Waals surface area contributed by atoms with Crippen molar-refractivity contribution in [1.82, 2.24) is 15.2 Å². The molecule has 0 bridgehead atoms. The van der Waals surface area contributed by atoms with E-state index in [1.807, 2.05) is 6.07 Å². The predicted molar refractivity (Wildman–Crippen MR) is 106 cm³/mol. The van der Waals surface area contributed by atoms with Crippen molar-refractivity contribution >= 4 is 17.6 Å². The Kier molecular flexibility index (Phi) is 6.47. The van der Waals surface area contributed by atoms with Crippen LogP contribution >= 0.6 is 11.6 Å². The summed E-state index contributed by atoms with van der Waals surface area (Å²) in [5.74, 6) is 0.907. The van der Waals surface area contributed by atoms with Crippen LogP contribution in [0.2, 0.25) is 5.15 Å². The topological polar surface area (TPSA) is 49.8 Å². The monoisotopic (exact) mass is 372 g/mol. The predicted octanol–water partition coefficient (Wildman–Crippen LogP) is 3.58. The van der Waals surface area contributed by atoms with Crippen molar-refractivity contribution in [3.05, 3.63) is 64.4 Å². The third-order valence-corrected chi connectivity index (χ3v) is 4.66. The first-order valence-electron chi connectivity index (χ1n) is 8.98. The molecule has 0 saturated carbocycles. The van der Waals surface area contributed by atoms with Gasteiger partial charge in [-0.3, -0.25) is 0 Å². The number of hydrogen-bond donors (Lipinski definition) is 1. The van der Waals surface area contributed by atoms with Gasteiger partial charge in [-0.25, -0.2) is 9.98 Å². The second-order valence-electron chi connectivity index (χ2n) is 6.32. The minimum atomic E-state index is 0.0611. The number of benzene rings is 1. The summed E-state index contributed by atoms with van der Waals surface area (Å²) in [7, 11) is 0. The fraction of sp³-hybridized carbons (Fsp3) is 0.400. The molecule has 0 amide bonds. The summed E-state index contributed by atoms with van der Waals surface area (Å²) in [4.78, 5) is 11.2. The molecule has 2 heterocycles. The molecule has 1 atom stereocenters. The molecule has 26 heavy (non-hydrogen) atoms. The number of aryl methyl sites for hydroxylation is 1. The SMILES string of the molecule is CCNC(=NCc1ccc(Cl)nc1)N1CCOC(c2ccccc2C)C1. The van der Waals surface area contributed by atoms with E-state index < -0.39 is 0 Å². The van der Waals surface area contributed by atoms with Gasteiger partial charge in [0.1, 0.15) is 11.3 Å².